The lowest BCUT2D eigenvalue weighted by Crippen LogP contribution is -2.23. The van der Waals surface area contributed by atoms with Gasteiger partial charge in [0.15, 0.2) is 0 Å². The summed E-state index contributed by atoms with van der Waals surface area (Å²) in [5.74, 6) is 1.03. The van der Waals surface area contributed by atoms with Gasteiger partial charge in [-0.15, -0.1) is 5.10 Å². The molecule has 3 rings (SSSR count). The SMILES string of the molecule is COc1ccc(-n2nnnc2S[C@H](C)C(=O)Nc2cc(Cl)ccc2OC)cc1. The van der Waals surface area contributed by atoms with Gasteiger partial charge in [0.1, 0.15) is 11.5 Å². The second kappa shape index (κ2) is 8.94. The number of nitrogens with one attached hydrogen (secondary N) is 1. The highest BCUT2D eigenvalue weighted by molar-refractivity contribution is 8.00. The minimum absolute atomic E-state index is 0.227. The number of hydrogen-bond donors (Lipinski definition) is 1. The van der Waals surface area contributed by atoms with Crippen molar-refractivity contribution in [2.75, 3.05) is 19.5 Å². The normalized spacial score (nSPS) is 11.7. The van der Waals surface area contributed by atoms with E-state index in [0.29, 0.717) is 21.6 Å². The number of amides is 1. The number of carbonyl (C=O) groups is 1. The number of tetrazole rings is 1. The van der Waals surface area contributed by atoms with Gasteiger partial charge < -0.3 is 14.8 Å². The minimum Gasteiger partial charge on any atom is -0.497 e. The van der Waals surface area contributed by atoms with Crippen LogP contribution in [0.15, 0.2) is 47.6 Å². The summed E-state index contributed by atoms with van der Waals surface area (Å²) in [6.45, 7) is 1.77. The van der Waals surface area contributed by atoms with Gasteiger partial charge in [-0.3, -0.25) is 4.79 Å². The first kappa shape index (κ1) is 20.0. The van der Waals surface area contributed by atoms with E-state index in [9.17, 15) is 4.79 Å². The molecule has 1 amide bonds. The number of carbonyl (C=O) groups excluding carboxylic acids is 1. The second-order valence-electron chi connectivity index (χ2n) is 5.67. The fraction of sp³-hybridized carbons (Fsp3) is 0.222. The van der Waals surface area contributed by atoms with E-state index >= 15 is 0 Å². The molecule has 0 fully saturated rings. The van der Waals surface area contributed by atoms with Gasteiger partial charge in [-0.25, -0.2) is 0 Å². The molecule has 0 spiro atoms. The monoisotopic (exact) mass is 419 g/mol. The summed E-state index contributed by atoms with van der Waals surface area (Å²) in [5, 5.41) is 15.1. The van der Waals surface area contributed by atoms with Crippen molar-refractivity contribution in [3.05, 3.63) is 47.5 Å². The van der Waals surface area contributed by atoms with E-state index in [-0.39, 0.29) is 5.91 Å². The van der Waals surface area contributed by atoms with Crippen molar-refractivity contribution in [2.24, 2.45) is 0 Å². The number of benzene rings is 2. The third-order valence-corrected chi connectivity index (χ3v) is 5.10. The largest absolute Gasteiger partial charge is 0.497 e. The van der Waals surface area contributed by atoms with Crippen molar-refractivity contribution in [1.82, 2.24) is 20.2 Å². The first-order chi connectivity index (χ1) is 13.5. The molecule has 1 aromatic heterocycles. The summed E-state index contributed by atoms with van der Waals surface area (Å²) in [5.41, 5.74) is 1.26. The number of anilines is 1. The predicted molar refractivity (Wildman–Crippen MR) is 108 cm³/mol. The Morgan fingerprint density at radius 1 is 1.18 bits per heavy atom. The lowest BCUT2D eigenvalue weighted by Gasteiger charge is -2.14. The van der Waals surface area contributed by atoms with Crippen molar-refractivity contribution in [1.29, 1.82) is 0 Å². The molecule has 1 atom stereocenters. The Kier molecular flexibility index (Phi) is 6.37. The number of hydrogen-bond acceptors (Lipinski definition) is 7. The number of aromatic nitrogens is 4. The van der Waals surface area contributed by atoms with Crippen LogP contribution < -0.4 is 14.8 Å². The molecule has 2 aromatic carbocycles. The molecule has 10 heteroatoms. The molecule has 146 valence electrons. The summed E-state index contributed by atoms with van der Waals surface area (Å²) in [6.07, 6.45) is 0. The molecule has 0 saturated heterocycles. The second-order valence-corrected chi connectivity index (χ2v) is 7.41. The maximum Gasteiger partial charge on any atom is 0.237 e. The summed E-state index contributed by atoms with van der Waals surface area (Å²) in [4.78, 5) is 12.6. The zero-order valence-corrected chi connectivity index (χ0v) is 17.0. The van der Waals surface area contributed by atoms with Crippen LogP contribution >= 0.6 is 23.4 Å². The molecule has 1 N–H and O–H groups in total. The third kappa shape index (κ3) is 4.55. The number of thioether (sulfide) groups is 1. The van der Waals surface area contributed by atoms with E-state index in [1.54, 1.807) is 36.9 Å². The average molecular weight is 420 g/mol. The maximum absolute atomic E-state index is 12.6. The summed E-state index contributed by atoms with van der Waals surface area (Å²) in [7, 11) is 3.13. The van der Waals surface area contributed by atoms with Crippen LogP contribution in [0.3, 0.4) is 0 Å². The number of methoxy groups -OCH3 is 2. The van der Waals surface area contributed by atoms with E-state index in [1.807, 2.05) is 24.3 Å². The van der Waals surface area contributed by atoms with Crippen LogP contribution in [0, 0.1) is 0 Å². The van der Waals surface area contributed by atoms with E-state index in [4.69, 9.17) is 21.1 Å². The molecule has 0 bridgehead atoms. The molecule has 0 aliphatic heterocycles. The Morgan fingerprint density at radius 2 is 1.93 bits per heavy atom. The summed E-state index contributed by atoms with van der Waals surface area (Å²) < 4.78 is 12.0. The quantitative estimate of drug-likeness (QED) is 0.586. The van der Waals surface area contributed by atoms with Crippen molar-refractivity contribution < 1.29 is 14.3 Å². The first-order valence-corrected chi connectivity index (χ1v) is 9.51. The van der Waals surface area contributed by atoms with Gasteiger partial charge in [0.2, 0.25) is 11.1 Å². The van der Waals surface area contributed by atoms with Gasteiger partial charge in [0.05, 0.1) is 30.8 Å². The van der Waals surface area contributed by atoms with Crippen LogP contribution in [-0.2, 0) is 4.79 Å². The topological polar surface area (TPSA) is 91.2 Å². The van der Waals surface area contributed by atoms with Gasteiger partial charge in [-0.2, -0.15) is 4.68 Å². The van der Waals surface area contributed by atoms with Crippen molar-refractivity contribution >= 4 is 35.0 Å². The van der Waals surface area contributed by atoms with E-state index in [0.717, 1.165) is 11.4 Å². The Morgan fingerprint density at radius 3 is 2.61 bits per heavy atom. The number of nitrogens with zero attached hydrogens (tertiary/aromatic N) is 4. The molecule has 0 radical (unpaired) electrons. The predicted octanol–water partition coefficient (Wildman–Crippen LogP) is 3.45. The molecule has 3 aromatic rings. The van der Waals surface area contributed by atoms with Crippen molar-refractivity contribution in [2.45, 2.75) is 17.3 Å². The Balaban J connectivity index is 1.73. The Hall–Kier alpha value is -2.78. The summed E-state index contributed by atoms with van der Waals surface area (Å²) in [6, 6.07) is 12.3. The van der Waals surface area contributed by atoms with Crippen LogP contribution in [0.1, 0.15) is 6.92 Å². The molecule has 0 unspecified atom stereocenters. The molecule has 28 heavy (non-hydrogen) atoms. The molecule has 0 aliphatic rings. The van der Waals surface area contributed by atoms with Crippen LogP contribution in [0.2, 0.25) is 5.02 Å². The number of rotatable bonds is 7. The van der Waals surface area contributed by atoms with Crippen molar-refractivity contribution in [3.63, 3.8) is 0 Å². The summed E-state index contributed by atoms with van der Waals surface area (Å²) >= 11 is 7.25. The van der Waals surface area contributed by atoms with Crippen LogP contribution in [0.25, 0.3) is 5.69 Å². The molecule has 1 heterocycles. The minimum atomic E-state index is -0.466. The van der Waals surface area contributed by atoms with E-state index in [1.165, 1.54) is 18.9 Å². The molecular formula is C18H18ClN5O3S. The van der Waals surface area contributed by atoms with Crippen LogP contribution in [0.4, 0.5) is 5.69 Å². The lowest BCUT2D eigenvalue weighted by atomic mass is 10.3. The highest BCUT2D eigenvalue weighted by atomic mass is 35.5. The maximum atomic E-state index is 12.6. The molecule has 8 nitrogen and oxygen atoms in total. The lowest BCUT2D eigenvalue weighted by molar-refractivity contribution is -0.115. The van der Waals surface area contributed by atoms with E-state index < -0.39 is 5.25 Å². The smallest absolute Gasteiger partial charge is 0.237 e. The molecule has 0 saturated carbocycles. The van der Waals surface area contributed by atoms with Gasteiger partial charge in [0, 0.05) is 5.02 Å². The van der Waals surface area contributed by atoms with E-state index in [2.05, 4.69) is 20.8 Å². The van der Waals surface area contributed by atoms with Gasteiger partial charge in [-0.05, 0) is 59.8 Å². The standard InChI is InChI=1S/C18H18ClN5O3S/c1-11(17(25)20-15-10-12(19)4-9-16(15)27-3)28-18-21-22-23-24(18)13-5-7-14(26-2)8-6-13/h4-11H,1-3H3,(H,20,25)/t11-/m1/s1. The average Bonchev–Trinajstić information content (AvgIpc) is 3.16. The van der Waals surface area contributed by atoms with Crippen molar-refractivity contribution in [3.8, 4) is 17.2 Å². The van der Waals surface area contributed by atoms with Crippen LogP contribution in [0.5, 0.6) is 11.5 Å². The van der Waals surface area contributed by atoms with Crippen LogP contribution in [-0.4, -0.2) is 45.6 Å². The number of halogens is 1. The number of ether oxygens (including phenoxy) is 2. The zero-order chi connectivity index (χ0) is 20.1. The zero-order valence-electron chi connectivity index (χ0n) is 15.4. The fourth-order valence-corrected chi connectivity index (χ4v) is 3.34. The molecular weight excluding hydrogens is 402 g/mol. The fourth-order valence-electron chi connectivity index (χ4n) is 2.36. The highest BCUT2D eigenvalue weighted by Crippen LogP contribution is 2.29. The first-order valence-electron chi connectivity index (χ1n) is 8.25. The van der Waals surface area contributed by atoms with Gasteiger partial charge in [-0.1, -0.05) is 23.4 Å². The highest BCUT2D eigenvalue weighted by Gasteiger charge is 2.20. The molecule has 0 aliphatic carbocycles. The Labute approximate surface area is 171 Å². The van der Waals surface area contributed by atoms with Gasteiger partial charge in [0.25, 0.3) is 0 Å². The third-order valence-electron chi connectivity index (χ3n) is 3.83. The van der Waals surface area contributed by atoms with Gasteiger partial charge >= 0.3 is 0 Å². The Bertz CT molecular complexity index is 964.